The Morgan fingerprint density at radius 1 is 1.07 bits per heavy atom. The number of carbonyl (C=O) groups is 2. The van der Waals surface area contributed by atoms with E-state index in [4.69, 9.17) is 9.29 Å². The molecule has 8 nitrogen and oxygen atoms in total. The van der Waals surface area contributed by atoms with Crippen molar-refractivity contribution >= 4 is 22.1 Å². The molecule has 3 unspecified atom stereocenters. The molecule has 4 fully saturated rings. The molecule has 0 aromatic rings. The minimum Gasteiger partial charge on any atom is -0.481 e. The minimum atomic E-state index is -6.54. The fourth-order valence-electron chi connectivity index (χ4n) is 5.44. The highest BCUT2D eigenvalue weighted by Crippen LogP contribution is 2.62. The van der Waals surface area contributed by atoms with E-state index in [1.807, 2.05) is 0 Å². The number of alkyl halides is 5. The lowest BCUT2D eigenvalue weighted by atomic mass is 9.48. The van der Waals surface area contributed by atoms with Gasteiger partial charge in [0.2, 0.25) is 0 Å². The van der Waals surface area contributed by atoms with Crippen LogP contribution in [0.1, 0.15) is 38.5 Å². The first-order valence-electron chi connectivity index (χ1n) is 8.98. The summed E-state index contributed by atoms with van der Waals surface area (Å²) < 4.78 is 104. The van der Waals surface area contributed by atoms with Crippen molar-refractivity contribution in [3.8, 4) is 0 Å². The van der Waals surface area contributed by atoms with Crippen LogP contribution in [0.4, 0.5) is 22.0 Å². The second-order valence-electron chi connectivity index (χ2n) is 8.47. The second-order valence-corrected chi connectivity index (χ2v) is 9.96. The van der Waals surface area contributed by atoms with Gasteiger partial charge < -0.3 is 14.6 Å². The molecule has 0 aliphatic heterocycles. The highest BCUT2D eigenvalue weighted by Gasteiger charge is 2.66. The molecule has 4 aliphatic rings. The quantitative estimate of drug-likeness (QED) is 0.333. The number of carboxylic acids is 1. The van der Waals surface area contributed by atoms with E-state index < -0.39 is 57.2 Å². The van der Waals surface area contributed by atoms with Gasteiger partial charge in [0.1, 0.15) is 6.61 Å². The molecule has 4 saturated carbocycles. The molecule has 30 heavy (non-hydrogen) atoms. The summed E-state index contributed by atoms with van der Waals surface area (Å²) in [5.74, 6) is -2.96. The van der Waals surface area contributed by atoms with E-state index in [1.54, 1.807) is 0 Å². The summed E-state index contributed by atoms with van der Waals surface area (Å²) in [4.78, 5) is 23.6. The molecule has 4 rings (SSSR count). The average Bonchev–Trinajstić information content (AvgIpc) is 2.54. The van der Waals surface area contributed by atoms with Crippen LogP contribution in [0, 0.1) is 17.3 Å². The third-order valence-electron chi connectivity index (χ3n) is 6.15. The smallest absolute Gasteiger partial charge is 0.432 e. The number of hydrogen-bond donors (Lipinski definition) is 2. The fourth-order valence-corrected chi connectivity index (χ4v) is 5.89. The van der Waals surface area contributed by atoms with Crippen molar-refractivity contribution in [3.63, 3.8) is 0 Å². The average molecular weight is 466 g/mol. The topological polar surface area (TPSA) is 127 Å². The largest absolute Gasteiger partial charge is 0.481 e. The highest BCUT2D eigenvalue weighted by atomic mass is 32.2. The number of rotatable bonds is 7. The molecule has 4 aliphatic carbocycles. The summed E-state index contributed by atoms with van der Waals surface area (Å²) in [5, 5.41) is 3.78. The lowest BCUT2D eigenvalue weighted by molar-refractivity contribution is -0.263. The first kappa shape index (κ1) is 23.1. The number of esters is 1. The van der Waals surface area contributed by atoms with Crippen LogP contribution in [-0.2, 0) is 29.2 Å². The number of hydrogen-bond acceptors (Lipinski definition) is 6. The molecule has 4 bridgehead atoms. The number of ether oxygens (including phenoxy) is 2. The zero-order valence-electron chi connectivity index (χ0n) is 15.3. The molecule has 0 heterocycles. The predicted octanol–water partition coefficient (Wildman–Crippen LogP) is 2.38. The normalized spacial score (nSPS) is 34.6. The highest BCUT2D eigenvalue weighted by molar-refractivity contribution is 7.86. The van der Waals surface area contributed by atoms with Gasteiger partial charge in [0.05, 0.1) is 11.0 Å². The van der Waals surface area contributed by atoms with Crippen molar-refractivity contribution in [2.75, 3.05) is 6.61 Å². The van der Waals surface area contributed by atoms with Gasteiger partial charge in [0.15, 0.2) is 0 Å². The van der Waals surface area contributed by atoms with Crippen molar-refractivity contribution in [3.05, 3.63) is 0 Å². The summed E-state index contributed by atoms with van der Waals surface area (Å²) in [6, 6.07) is 0. The van der Waals surface area contributed by atoms with Crippen molar-refractivity contribution in [2.45, 2.75) is 61.7 Å². The van der Waals surface area contributed by atoms with Crippen LogP contribution in [0.3, 0.4) is 0 Å². The molecule has 14 heteroatoms. The maximum absolute atomic E-state index is 13.5. The Kier molecular flexibility index (Phi) is 5.39. The SMILES string of the molecule is O=C(COC12CC3CC(C1)CC(C(=O)O)(C3)C2)OC(C(F)(F)F)C(F)(F)S(=O)(=O)O. The number of halogens is 5. The zero-order chi connectivity index (χ0) is 22.8. The van der Waals surface area contributed by atoms with Gasteiger partial charge in [-0.25, -0.2) is 4.79 Å². The number of carboxylic acid groups (broad SMARTS) is 1. The summed E-state index contributed by atoms with van der Waals surface area (Å²) in [6.45, 7) is -1.21. The third-order valence-corrected chi connectivity index (χ3v) is 7.05. The molecule has 0 amide bonds. The number of aliphatic carboxylic acids is 1. The second kappa shape index (κ2) is 6.99. The van der Waals surface area contributed by atoms with Crippen molar-refractivity contribution in [1.29, 1.82) is 0 Å². The Balaban J connectivity index is 1.71. The van der Waals surface area contributed by atoms with Gasteiger partial charge >= 0.3 is 33.5 Å². The number of carbonyl (C=O) groups excluding carboxylic acids is 1. The lowest BCUT2D eigenvalue weighted by Crippen LogP contribution is -2.59. The Bertz CT molecular complexity index is 825. The van der Waals surface area contributed by atoms with E-state index in [9.17, 15) is 45.1 Å². The lowest BCUT2D eigenvalue weighted by Gasteiger charge is -2.59. The molecule has 172 valence electrons. The summed E-state index contributed by atoms with van der Waals surface area (Å²) in [6.07, 6.45) is -8.05. The fraction of sp³-hybridized carbons (Fsp3) is 0.875. The van der Waals surface area contributed by atoms with Gasteiger partial charge in [-0.2, -0.15) is 30.4 Å². The summed E-state index contributed by atoms with van der Waals surface area (Å²) in [5.41, 5.74) is -2.18. The first-order valence-corrected chi connectivity index (χ1v) is 10.4. The Hall–Kier alpha value is -1.54. The van der Waals surface area contributed by atoms with E-state index in [0.29, 0.717) is 25.7 Å². The van der Waals surface area contributed by atoms with E-state index in [-0.39, 0.29) is 18.3 Å². The molecular weight excluding hydrogens is 447 g/mol. The monoisotopic (exact) mass is 466 g/mol. The van der Waals surface area contributed by atoms with Crippen LogP contribution < -0.4 is 0 Å². The van der Waals surface area contributed by atoms with Gasteiger partial charge in [0, 0.05) is 0 Å². The molecule has 3 atom stereocenters. The third kappa shape index (κ3) is 4.00. The van der Waals surface area contributed by atoms with E-state index >= 15 is 0 Å². The van der Waals surface area contributed by atoms with Crippen molar-refractivity contribution in [1.82, 2.24) is 0 Å². The van der Waals surface area contributed by atoms with Crippen LogP contribution in [0.15, 0.2) is 0 Å². The van der Waals surface area contributed by atoms with Gasteiger partial charge in [0.25, 0.3) is 6.10 Å². The van der Waals surface area contributed by atoms with E-state index in [1.165, 1.54) is 0 Å². The molecular formula is C16H19F5O8S. The standard InChI is InChI=1S/C16H19F5O8S/c17-15(18,19)11(16(20,21)30(25,26)27)29-10(22)6-28-14-4-8-1-9(5-14)3-13(2-8,7-14)12(23)24/h8-9,11H,1-7H2,(H,23,24)(H,25,26,27). The summed E-state index contributed by atoms with van der Waals surface area (Å²) in [7, 11) is -6.54. The predicted molar refractivity (Wildman–Crippen MR) is 85.9 cm³/mol. The Morgan fingerprint density at radius 2 is 1.60 bits per heavy atom. The van der Waals surface area contributed by atoms with Crippen molar-refractivity contribution in [2.24, 2.45) is 17.3 Å². The maximum Gasteiger partial charge on any atom is 0.432 e. The van der Waals surface area contributed by atoms with E-state index in [0.717, 1.165) is 6.42 Å². The zero-order valence-corrected chi connectivity index (χ0v) is 16.1. The molecule has 0 saturated heterocycles. The van der Waals surface area contributed by atoms with Gasteiger partial charge in [-0.05, 0) is 50.4 Å². The summed E-state index contributed by atoms with van der Waals surface area (Å²) >= 11 is 0. The maximum atomic E-state index is 13.5. The Labute approximate surface area is 167 Å². The van der Waals surface area contributed by atoms with Gasteiger partial charge in [-0.3, -0.25) is 9.35 Å². The van der Waals surface area contributed by atoms with Crippen molar-refractivity contribution < 1.29 is 59.1 Å². The minimum absolute atomic E-state index is 0.00911. The van der Waals surface area contributed by atoms with Gasteiger partial charge in [-0.1, -0.05) is 0 Å². The first-order chi connectivity index (χ1) is 13.5. The van der Waals surface area contributed by atoms with Crippen LogP contribution in [0.2, 0.25) is 0 Å². The van der Waals surface area contributed by atoms with Crippen LogP contribution >= 0.6 is 0 Å². The molecule has 0 radical (unpaired) electrons. The molecule has 2 N–H and O–H groups in total. The Morgan fingerprint density at radius 3 is 2.03 bits per heavy atom. The molecule has 0 spiro atoms. The van der Waals surface area contributed by atoms with E-state index in [2.05, 4.69) is 4.74 Å². The molecule has 0 aromatic carbocycles. The van der Waals surface area contributed by atoms with Crippen LogP contribution in [0.25, 0.3) is 0 Å². The molecule has 0 aromatic heterocycles. The van der Waals surface area contributed by atoms with Gasteiger partial charge in [-0.15, -0.1) is 0 Å². The van der Waals surface area contributed by atoms with Crippen LogP contribution in [-0.4, -0.2) is 59.8 Å². The van der Waals surface area contributed by atoms with Crippen LogP contribution in [0.5, 0.6) is 0 Å².